The average molecular weight is 356 g/mol. The Hall–Kier alpha value is -0.380. The number of nitrogens with one attached hydrogen (secondary N) is 1. The molecule has 0 aliphatic carbocycles. The summed E-state index contributed by atoms with van der Waals surface area (Å²) in [5.74, 6) is 0. The molecular weight excluding hydrogens is 326 g/mol. The Kier molecular flexibility index (Phi) is 6.89. The zero-order chi connectivity index (χ0) is 16.1. The molecule has 0 fully saturated rings. The van der Waals surface area contributed by atoms with Crippen LogP contribution in [0.25, 0.3) is 0 Å². The fraction of sp³-hybridized carbons (Fsp3) is 0.667. The van der Waals surface area contributed by atoms with Crippen molar-refractivity contribution in [2.45, 2.75) is 59.6 Å². The number of hydrogen-bond donors (Lipinski definition) is 1. The highest BCUT2D eigenvalue weighted by atomic mass is 79.9. The molecule has 0 aliphatic heterocycles. The molecule has 0 bridgehead atoms. The highest BCUT2D eigenvalue weighted by molar-refractivity contribution is 9.10. The smallest absolute Gasteiger partial charge is 0.0949 e. The molecule has 0 saturated carbocycles. The van der Waals surface area contributed by atoms with Crippen LogP contribution in [0.15, 0.2) is 28.7 Å². The first kappa shape index (κ1) is 18.7. The highest BCUT2D eigenvalue weighted by Crippen LogP contribution is 2.23. The third kappa shape index (κ3) is 8.60. The van der Waals surface area contributed by atoms with Crippen LogP contribution in [0.5, 0.6) is 0 Å². The first-order valence-electron chi connectivity index (χ1n) is 7.69. The molecule has 2 nitrogen and oxygen atoms in total. The van der Waals surface area contributed by atoms with E-state index in [1.807, 2.05) is 0 Å². The van der Waals surface area contributed by atoms with E-state index in [1.165, 1.54) is 5.56 Å². The van der Waals surface area contributed by atoms with Crippen LogP contribution < -0.4 is 5.32 Å². The van der Waals surface area contributed by atoms with Crippen LogP contribution >= 0.6 is 15.9 Å². The van der Waals surface area contributed by atoms with Gasteiger partial charge in [-0.05, 0) is 50.3 Å². The molecular formula is C18H30BrNO. The maximum Gasteiger partial charge on any atom is 0.0949 e. The normalized spacial score (nSPS) is 14.2. The molecule has 0 saturated heterocycles. The molecule has 1 N–H and O–H groups in total. The Morgan fingerprint density at radius 3 is 2.10 bits per heavy atom. The highest BCUT2D eigenvalue weighted by Gasteiger charge is 2.18. The summed E-state index contributed by atoms with van der Waals surface area (Å²) in [4.78, 5) is 0. The number of ether oxygens (including phenoxy) is 1. The van der Waals surface area contributed by atoms with E-state index in [-0.39, 0.29) is 11.6 Å². The second-order valence-corrected chi connectivity index (χ2v) is 8.77. The third-order valence-corrected chi connectivity index (χ3v) is 3.76. The number of rotatable bonds is 6. The van der Waals surface area contributed by atoms with Gasteiger partial charge in [0.15, 0.2) is 0 Å². The SMILES string of the molecule is CC(C)(C)CCOC(CNC(C)(C)C)c1ccc(Br)cc1. The molecule has 0 aliphatic rings. The van der Waals surface area contributed by atoms with Gasteiger partial charge in [-0.25, -0.2) is 0 Å². The lowest BCUT2D eigenvalue weighted by Gasteiger charge is -2.27. The van der Waals surface area contributed by atoms with Crippen molar-refractivity contribution in [2.75, 3.05) is 13.2 Å². The number of halogens is 1. The lowest BCUT2D eigenvalue weighted by Crippen LogP contribution is -2.39. The monoisotopic (exact) mass is 355 g/mol. The number of hydrogen-bond acceptors (Lipinski definition) is 2. The van der Waals surface area contributed by atoms with E-state index < -0.39 is 0 Å². The van der Waals surface area contributed by atoms with Gasteiger partial charge in [0.1, 0.15) is 0 Å². The summed E-state index contributed by atoms with van der Waals surface area (Å²) in [5, 5.41) is 3.55. The predicted octanol–water partition coefficient (Wildman–Crippen LogP) is 5.33. The van der Waals surface area contributed by atoms with Crippen molar-refractivity contribution in [3.05, 3.63) is 34.3 Å². The first-order valence-corrected chi connectivity index (χ1v) is 8.48. The maximum atomic E-state index is 6.16. The Morgan fingerprint density at radius 2 is 1.62 bits per heavy atom. The van der Waals surface area contributed by atoms with Crippen LogP contribution in [0.3, 0.4) is 0 Å². The van der Waals surface area contributed by atoms with Crippen molar-refractivity contribution in [1.29, 1.82) is 0 Å². The lowest BCUT2D eigenvalue weighted by molar-refractivity contribution is 0.0333. The molecule has 120 valence electrons. The predicted molar refractivity (Wildman–Crippen MR) is 94.7 cm³/mol. The van der Waals surface area contributed by atoms with Crippen LogP contribution in [0.4, 0.5) is 0 Å². The molecule has 21 heavy (non-hydrogen) atoms. The van der Waals surface area contributed by atoms with Crippen molar-refractivity contribution in [2.24, 2.45) is 5.41 Å². The van der Waals surface area contributed by atoms with E-state index in [2.05, 4.69) is 87.1 Å². The van der Waals surface area contributed by atoms with Gasteiger partial charge in [-0.2, -0.15) is 0 Å². The minimum Gasteiger partial charge on any atom is -0.372 e. The summed E-state index contributed by atoms with van der Waals surface area (Å²) >= 11 is 3.49. The van der Waals surface area contributed by atoms with Crippen LogP contribution in [0, 0.1) is 5.41 Å². The molecule has 1 aromatic carbocycles. The Labute approximate surface area is 138 Å². The van der Waals surface area contributed by atoms with Gasteiger partial charge in [0.25, 0.3) is 0 Å². The lowest BCUT2D eigenvalue weighted by atomic mass is 9.93. The third-order valence-electron chi connectivity index (χ3n) is 3.23. The zero-order valence-electron chi connectivity index (χ0n) is 14.3. The van der Waals surface area contributed by atoms with Crippen LogP contribution in [-0.4, -0.2) is 18.7 Å². The Morgan fingerprint density at radius 1 is 1.05 bits per heavy atom. The van der Waals surface area contributed by atoms with Crippen molar-refractivity contribution >= 4 is 15.9 Å². The van der Waals surface area contributed by atoms with Gasteiger partial charge >= 0.3 is 0 Å². The minimum atomic E-state index is 0.0969. The standard InChI is InChI=1S/C18H30BrNO/c1-17(2,3)11-12-21-16(13-20-18(4,5)6)14-7-9-15(19)10-8-14/h7-10,16,20H,11-13H2,1-6H3. The van der Waals surface area contributed by atoms with Crippen molar-refractivity contribution in [3.8, 4) is 0 Å². The minimum absolute atomic E-state index is 0.0969. The second-order valence-electron chi connectivity index (χ2n) is 7.85. The fourth-order valence-corrected chi connectivity index (χ4v) is 2.12. The average Bonchev–Trinajstić information content (AvgIpc) is 2.32. The van der Waals surface area contributed by atoms with Gasteiger partial charge in [-0.1, -0.05) is 48.8 Å². The number of benzene rings is 1. The summed E-state index contributed by atoms with van der Waals surface area (Å²) in [6.07, 6.45) is 1.16. The van der Waals surface area contributed by atoms with Crippen molar-refractivity contribution in [1.82, 2.24) is 5.32 Å². The van der Waals surface area contributed by atoms with Crippen LogP contribution in [0.2, 0.25) is 0 Å². The maximum absolute atomic E-state index is 6.16. The van der Waals surface area contributed by atoms with E-state index in [1.54, 1.807) is 0 Å². The van der Waals surface area contributed by atoms with E-state index in [4.69, 9.17) is 4.74 Å². The van der Waals surface area contributed by atoms with E-state index in [0.717, 1.165) is 24.0 Å². The first-order chi connectivity index (χ1) is 9.57. The van der Waals surface area contributed by atoms with Crippen LogP contribution in [0.1, 0.15) is 59.6 Å². The van der Waals surface area contributed by atoms with Gasteiger partial charge in [0.2, 0.25) is 0 Å². The van der Waals surface area contributed by atoms with Crippen molar-refractivity contribution in [3.63, 3.8) is 0 Å². The van der Waals surface area contributed by atoms with Crippen LogP contribution in [-0.2, 0) is 4.74 Å². The molecule has 3 heteroatoms. The molecule has 1 atom stereocenters. The zero-order valence-corrected chi connectivity index (χ0v) is 15.9. The van der Waals surface area contributed by atoms with E-state index >= 15 is 0 Å². The van der Waals surface area contributed by atoms with Crippen molar-refractivity contribution < 1.29 is 4.74 Å². The quantitative estimate of drug-likeness (QED) is 0.744. The molecule has 0 amide bonds. The molecule has 0 spiro atoms. The van der Waals surface area contributed by atoms with Gasteiger partial charge in [-0.15, -0.1) is 0 Å². The summed E-state index contributed by atoms with van der Waals surface area (Å²) in [6.45, 7) is 14.9. The van der Waals surface area contributed by atoms with Gasteiger partial charge in [0.05, 0.1) is 6.10 Å². The molecule has 1 unspecified atom stereocenters. The molecule has 0 radical (unpaired) electrons. The summed E-state index contributed by atoms with van der Waals surface area (Å²) in [6, 6.07) is 8.42. The fourth-order valence-electron chi connectivity index (χ4n) is 1.86. The Balaban J connectivity index is 2.67. The van der Waals surface area contributed by atoms with E-state index in [0.29, 0.717) is 5.41 Å². The summed E-state index contributed by atoms with van der Waals surface area (Å²) < 4.78 is 7.26. The van der Waals surface area contributed by atoms with E-state index in [9.17, 15) is 0 Å². The Bertz CT molecular complexity index is 414. The largest absolute Gasteiger partial charge is 0.372 e. The molecule has 1 aromatic rings. The summed E-state index contributed by atoms with van der Waals surface area (Å²) in [5.41, 5.74) is 1.63. The summed E-state index contributed by atoms with van der Waals surface area (Å²) in [7, 11) is 0. The molecule has 1 rings (SSSR count). The molecule has 0 aromatic heterocycles. The topological polar surface area (TPSA) is 21.3 Å². The van der Waals surface area contributed by atoms with Gasteiger partial charge in [-0.3, -0.25) is 0 Å². The van der Waals surface area contributed by atoms with Gasteiger partial charge < -0.3 is 10.1 Å². The second kappa shape index (κ2) is 7.75. The molecule has 0 heterocycles. The van der Waals surface area contributed by atoms with Gasteiger partial charge in [0, 0.05) is 23.2 Å².